The predicted molar refractivity (Wildman–Crippen MR) is 125 cm³/mol. The van der Waals surface area contributed by atoms with Gasteiger partial charge in [-0.15, -0.1) is 0 Å². The molecule has 4 rings (SSSR count). The van der Waals surface area contributed by atoms with Crippen LogP contribution in [-0.4, -0.2) is 31.8 Å². The first-order valence-corrected chi connectivity index (χ1v) is 11.1. The van der Waals surface area contributed by atoms with Crippen LogP contribution in [0, 0.1) is 0 Å². The first-order chi connectivity index (χ1) is 15.2. The van der Waals surface area contributed by atoms with Crippen molar-refractivity contribution in [2.75, 3.05) is 25.1 Å². The number of rotatable bonds is 8. The van der Waals surface area contributed by atoms with E-state index in [0.29, 0.717) is 23.8 Å². The monoisotopic (exact) mass is 481 g/mol. The van der Waals surface area contributed by atoms with E-state index < -0.39 is 0 Å². The molecule has 1 atom stereocenters. The summed E-state index contributed by atoms with van der Waals surface area (Å²) < 4.78 is 18.0. The number of anilines is 1. The Hall–Kier alpha value is -2.83. The fourth-order valence-corrected chi connectivity index (χ4v) is 3.91. The molecule has 0 spiro atoms. The van der Waals surface area contributed by atoms with Gasteiger partial charge in [-0.05, 0) is 64.2 Å². The topological polar surface area (TPSA) is 56.8 Å². The number of ether oxygens (including phenoxy) is 3. The van der Waals surface area contributed by atoms with Crippen LogP contribution in [0.15, 0.2) is 77.3 Å². The highest BCUT2D eigenvalue weighted by molar-refractivity contribution is 9.10. The quantitative estimate of drug-likeness (QED) is 0.448. The van der Waals surface area contributed by atoms with Crippen molar-refractivity contribution in [1.29, 1.82) is 0 Å². The van der Waals surface area contributed by atoms with Gasteiger partial charge in [0, 0.05) is 6.61 Å². The smallest absolute Gasteiger partial charge is 0.262 e. The molecule has 1 saturated heterocycles. The Morgan fingerprint density at radius 1 is 0.968 bits per heavy atom. The van der Waals surface area contributed by atoms with Gasteiger partial charge in [0.15, 0.2) is 6.61 Å². The molecule has 1 aliphatic heterocycles. The number of amides is 1. The number of benzene rings is 3. The van der Waals surface area contributed by atoms with E-state index in [1.165, 1.54) is 0 Å². The maximum atomic E-state index is 12.5. The zero-order chi connectivity index (χ0) is 21.5. The average Bonchev–Trinajstić information content (AvgIpc) is 3.32. The van der Waals surface area contributed by atoms with E-state index in [4.69, 9.17) is 14.2 Å². The summed E-state index contributed by atoms with van der Waals surface area (Å²) in [5.74, 6) is 0.977. The van der Waals surface area contributed by atoms with Gasteiger partial charge < -0.3 is 19.5 Å². The van der Waals surface area contributed by atoms with Gasteiger partial charge in [0.1, 0.15) is 18.1 Å². The van der Waals surface area contributed by atoms with Crippen molar-refractivity contribution in [2.45, 2.75) is 18.9 Å². The largest absolute Gasteiger partial charge is 0.489 e. The Labute approximate surface area is 190 Å². The maximum absolute atomic E-state index is 12.5. The zero-order valence-corrected chi connectivity index (χ0v) is 18.6. The average molecular weight is 482 g/mol. The summed E-state index contributed by atoms with van der Waals surface area (Å²) in [4.78, 5) is 12.5. The molecular weight excluding hydrogens is 458 g/mol. The summed E-state index contributed by atoms with van der Waals surface area (Å²) in [5.41, 5.74) is 2.81. The van der Waals surface area contributed by atoms with Crippen LogP contribution >= 0.6 is 15.9 Å². The van der Waals surface area contributed by atoms with Crippen molar-refractivity contribution >= 4 is 27.5 Å². The molecule has 1 aliphatic rings. The fraction of sp³-hybridized carbons (Fsp3) is 0.240. The Morgan fingerprint density at radius 2 is 1.77 bits per heavy atom. The van der Waals surface area contributed by atoms with E-state index in [0.717, 1.165) is 35.0 Å². The highest BCUT2D eigenvalue weighted by atomic mass is 79.9. The molecule has 5 nitrogen and oxygen atoms in total. The van der Waals surface area contributed by atoms with Gasteiger partial charge >= 0.3 is 0 Å². The second-order valence-corrected chi connectivity index (χ2v) is 8.14. The molecule has 1 N–H and O–H groups in total. The summed E-state index contributed by atoms with van der Waals surface area (Å²) >= 11 is 3.54. The molecule has 1 amide bonds. The SMILES string of the molecule is O=C(COc1ccc(-c2ccccc2)cc1Br)Nc1ccccc1OCC1CCCO1. The molecule has 160 valence electrons. The van der Waals surface area contributed by atoms with E-state index in [2.05, 4.69) is 21.2 Å². The summed E-state index contributed by atoms with van der Waals surface area (Å²) in [6.07, 6.45) is 2.18. The summed E-state index contributed by atoms with van der Waals surface area (Å²) in [5, 5.41) is 2.87. The minimum atomic E-state index is -0.257. The molecule has 3 aromatic rings. The lowest BCUT2D eigenvalue weighted by Crippen LogP contribution is -2.21. The molecule has 0 saturated carbocycles. The number of nitrogens with one attached hydrogen (secondary N) is 1. The number of para-hydroxylation sites is 2. The van der Waals surface area contributed by atoms with Crippen molar-refractivity contribution in [3.8, 4) is 22.6 Å². The minimum Gasteiger partial charge on any atom is -0.489 e. The second-order valence-electron chi connectivity index (χ2n) is 7.29. The van der Waals surface area contributed by atoms with E-state index in [1.54, 1.807) is 0 Å². The standard InChI is InChI=1S/C25H24BrNO4/c26-21-15-19(18-7-2-1-3-8-18)12-13-23(21)31-17-25(28)27-22-10-4-5-11-24(22)30-16-20-9-6-14-29-20/h1-5,7-8,10-13,15,20H,6,9,14,16-17H2,(H,27,28). The van der Waals surface area contributed by atoms with E-state index in [-0.39, 0.29) is 18.6 Å². The van der Waals surface area contributed by atoms with Gasteiger partial charge in [-0.3, -0.25) is 4.79 Å². The van der Waals surface area contributed by atoms with Crippen LogP contribution in [-0.2, 0) is 9.53 Å². The molecule has 6 heteroatoms. The highest BCUT2D eigenvalue weighted by Crippen LogP contribution is 2.31. The third-order valence-corrected chi connectivity index (χ3v) is 5.63. The number of carbonyl (C=O) groups is 1. The Kier molecular flexibility index (Phi) is 7.22. The summed E-state index contributed by atoms with van der Waals surface area (Å²) in [6, 6.07) is 23.3. The van der Waals surface area contributed by atoms with Crippen LogP contribution < -0.4 is 14.8 Å². The van der Waals surface area contributed by atoms with Gasteiger partial charge in [0.25, 0.3) is 5.91 Å². The Bertz CT molecular complexity index is 1020. The zero-order valence-electron chi connectivity index (χ0n) is 17.1. The van der Waals surface area contributed by atoms with E-state index in [9.17, 15) is 4.79 Å². The van der Waals surface area contributed by atoms with Gasteiger partial charge in [-0.2, -0.15) is 0 Å². The summed E-state index contributed by atoms with van der Waals surface area (Å²) in [6.45, 7) is 1.15. The molecule has 0 aromatic heterocycles. The number of carbonyl (C=O) groups excluding carboxylic acids is 1. The lowest BCUT2D eigenvalue weighted by atomic mass is 10.1. The third kappa shape index (κ3) is 5.87. The molecular formula is C25H24BrNO4. The van der Waals surface area contributed by atoms with Crippen molar-refractivity contribution in [1.82, 2.24) is 0 Å². The third-order valence-electron chi connectivity index (χ3n) is 5.01. The number of hydrogen-bond donors (Lipinski definition) is 1. The van der Waals surface area contributed by atoms with Crippen LogP contribution in [0.4, 0.5) is 5.69 Å². The van der Waals surface area contributed by atoms with Gasteiger partial charge in [0.05, 0.1) is 16.3 Å². The first-order valence-electron chi connectivity index (χ1n) is 10.3. The van der Waals surface area contributed by atoms with Crippen LogP contribution in [0.2, 0.25) is 0 Å². The molecule has 1 fully saturated rings. The second kappa shape index (κ2) is 10.5. The van der Waals surface area contributed by atoms with E-state index in [1.807, 2.05) is 72.8 Å². The first kappa shape index (κ1) is 21.4. The van der Waals surface area contributed by atoms with Gasteiger partial charge in [0.2, 0.25) is 0 Å². The normalized spacial score (nSPS) is 15.5. The van der Waals surface area contributed by atoms with Gasteiger partial charge in [-0.1, -0.05) is 48.5 Å². The number of halogens is 1. The van der Waals surface area contributed by atoms with Crippen LogP contribution in [0.3, 0.4) is 0 Å². The summed E-state index contributed by atoms with van der Waals surface area (Å²) in [7, 11) is 0. The van der Waals surface area contributed by atoms with Crippen molar-refractivity contribution in [3.05, 3.63) is 77.3 Å². The molecule has 1 unspecified atom stereocenters. The Morgan fingerprint density at radius 3 is 2.55 bits per heavy atom. The molecule has 0 bridgehead atoms. The molecule has 0 radical (unpaired) electrons. The maximum Gasteiger partial charge on any atom is 0.262 e. The highest BCUT2D eigenvalue weighted by Gasteiger charge is 2.17. The van der Waals surface area contributed by atoms with Crippen molar-refractivity contribution in [3.63, 3.8) is 0 Å². The fourth-order valence-electron chi connectivity index (χ4n) is 3.41. The number of hydrogen-bond acceptors (Lipinski definition) is 4. The van der Waals surface area contributed by atoms with Crippen LogP contribution in [0.25, 0.3) is 11.1 Å². The lowest BCUT2D eigenvalue weighted by molar-refractivity contribution is -0.118. The van der Waals surface area contributed by atoms with Crippen molar-refractivity contribution in [2.24, 2.45) is 0 Å². The predicted octanol–water partition coefficient (Wildman–Crippen LogP) is 5.69. The molecule has 1 heterocycles. The Balaban J connectivity index is 1.33. The minimum absolute atomic E-state index is 0.108. The van der Waals surface area contributed by atoms with Crippen molar-refractivity contribution < 1.29 is 19.0 Å². The van der Waals surface area contributed by atoms with Gasteiger partial charge in [-0.25, -0.2) is 0 Å². The lowest BCUT2D eigenvalue weighted by Gasteiger charge is -2.15. The molecule has 31 heavy (non-hydrogen) atoms. The molecule has 0 aliphatic carbocycles. The molecule has 3 aromatic carbocycles. The van der Waals surface area contributed by atoms with Crippen LogP contribution in [0.1, 0.15) is 12.8 Å². The van der Waals surface area contributed by atoms with Crippen LogP contribution in [0.5, 0.6) is 11.5 Å². The van der Waals surface area contributed by atoms with E-state index >= 15 is 0 Å².